The first-order valence-electron chi connectivity index (χ1n) is 3.80. The summed E-state index contributed by atoms with van der Waals surface area (Å²) in [5.41, 5.74) is -2.31. The molecule has 0 aliphatic carbocycles. The molecule has 0 radical (unpaired) electrons. The van der Waals surface area contributed by atoms with Crippen molar-refractivity contribution in [3.63, 3.8) is 0 Å². The van der Waals surface area contributed by atoms with Crippen LogP contribution in [-0.2, 0) is 10.0 Å². The van der Waals surface area contributed by atoms with E-state index in [-0.39, 0.29) is 4.60 Å². The van der Waals surface area contributed by atoms with Crippen molar-refractivity contribution in [3.8, 4) is 0 Å². The second-order valence-corrected chi connectivity index (χ2v) is 5.09. The fourth-order valence-electron chi connectivity index (χ4n) is 1.08. The Labute approximate surface area is 102 Å². The van der Waals surface area contributed by atoms with Gasteiger partial charge in [0.2, 0.25) is 10.0 Å². The third-order valence-electron chi connectivity index (χ3n) is 1.64. The first-order valence-corrected chi connectivity index (χ1v) is 6.14. The van der Waals surface area contributed by atoms with Crippen LogP contribution in [0.25, 0.3) is 0 Å². The van der Waals surface area contributed by atoms with Crippen LogP contribution in [0.15, 0.2) is 15.6 Å². The molecule has 1 aromatic heterocycles. The molecule has 7 nitrogen and oxygen atoms in total. The molecule has 0 aliphatic heterocycles. The number of nitro groups is 1. The number of rotatable bonds is 3. The van der Waals surface area contributed by atoms with E-state index in [2.05, 4.69) is 26.1 Å². The summed E-state index contributed by atoms with van der Waals surface area (Å²) >= 11 is 2.67. The van der Waals surface area contributed by atoms with Gasteiger partial charge in [-0.05, 0) is 15.9 Å². The largest absolute Gasteiger partial charge is 0.294 e. The number of sulfonamides is 1. The fraction of sp³-hybridized carbons (Fsp3) is 0.167. The molecule has 0 saturated carbocycles. The van der Waals surface area contributed by atoms with Crippen molar-refractivity contribution in [3.05, 3.63) is 26.5 Å². The van der Waals surface area contributed by atoms with Crippen molar-refractivity contribution >= 4 is 31.6 Å². The molecule has 94 valence electrons. The van der Waals surface area contributed by atoms with Crippen LogP contribution < -0.4 is 5.14 Å². The van der Waals surface area contributed by atoms with Gasteiger partial charge >= 0.3 is 0 Å². The lowest BCUT2D eigenvalue weighted by atomic mass is 10.3. The normalized spacial score (nSPS) is 11.8. The smallest absolute Gasteiger partial charge is 0.258 e. The van der Waals surface area contributed by atoms with Crippen molar-refractivity contribution in [1.29, 1.82) is 0 Å². The van der Waals surface area contributed by atoms with Crippen molar-refractivity contribution in [1.82, 2.24) is 4.98 Å². The number of pyridine rings is 1. The van der Waals surface area contributed by atoms with Crippen LogP contribution in [0.4, 0.5) is 14.5 Å². The van der Waals surface area contributed by atoms with E-state index < -0.39 is 37.6 Å². The number of nitrogens with zero attached hydrogens (tertiary/aromatic N) is 2. The molecular formula is C6H4BrF2N3O4S. The summed E-state index contributed by atoms with van der Waals surface area (Å²) < 4.78 is 47.0. The number of halogens is 3. The summed E-state index contributed by atoms with van der Waals surface area (Å²) in [5.74, 6) is 0. The van der Waals surface area contributed by atoms with Gasteiger partial charge in [-0.1, -0.05) is 0 Å². The highest BCUT2D eigenvalue weighted by atomic mass is 79.9. The second-order valence-electron chi connectivity index (χ2n) is 2.78. The molecule has 1 aromatic rings. The number of alkyl halides is 2. The molecule has 0 bridgehead atoms. The number of aromatic nitrogens is 1. The van der Waals surface area contributed by atoms with Crippen molar-refractivity contribution in [2.75, 3.05) is 0 Å². The SMILES string of the molecule is NS(=O)(=O)c1c([N+](=O)[O-])cc(Br)nc1C(F)F. The van der Waals surface area contributed by atoms with Gasteiger partial charge < -0.3 is 0 Å². The monoisotopic (exact) mass is 331 g/mol. The molecule has 0 aromatic carbocycles. The highest BCUT2D eigenvalue weighted by Crippen LogP contribution is 2.33. The van der Waals surface area contributed by atoms with Crippen LogP contribution in [0, 0.1) is 10.1 Å². The maximum atomic E-state index is 12.6. The lowest BCUT2D eigenvalue weighted by Gasteiger charge is -2.07. The van der Waals surface area contributed by atoms with Gasteiger partial charge in [-0.25, -0.2) is 27.3 Å². The molecule has 17 heavy (non-hydrogen) atoms. The molecule has 1 heterocycles. The third-order valence-corrected chi connectivity index (χ3v) is 3.03. The molecule has 2 N–H and O–H groups in total. The van der Waals surface area contributed by atoms with Crippen LogP contribution in [-0.4, -0.2) is 18.3 Å². The molecule has 0 amide bonds. The van der Waals surface area contributed by atoms with E-state index in [0.29, 0.717) is 6.07 Å². The van der Waals surface area contributed by atoms with Crippen LogP contribution in [0.1, 0.15) is 12.1 Å². The Morgan fingerprint density at radius 3 is 2.41 bits per heavy atom. The summed E-state index contributed by atoms with van der Waals surface area (Å²) in [6.45, 7) is 0. The van der Waals surface area contributed by atoms with Gasteiger partial charge in [0.1, 0.15) is 10.3 Å². The standard InChI is InChI=1S/C6H4BrF2N3O4S/c7-3-1-2(12(13)14)5(17(10,15)16)4(11-3)6(8)9/h1,6H,(H2,10,15,16). The Hall–Kier alpha value is -1.20. The summed E-state index contributed by atoms with van der Waals surface area (Å²) in [7, 11) is -4.68. The molecule has 0 unspecified atom stereocenters. The van der Waals surface area contributed by atoms with Gasteiger partial charge in [0, 0.05) is 0 Å². The van der Waals surface area contributed by atoms with Gasteiger partial charge in [0.25, 0.3) is 12.1 Å². The highest BCUT2D eigenvalue weighted by molar-refractivity contribution is 9.10. The predicted octanol–water partition coefficient (Wildman–Crippen LogP) is 1.34. The van der Waals surface area contributed by atoms with E-state index in [1.54, 1.807) is 0 Å². The lowest BCUT2D eigenvalue weighted by molar-refractivity contribution is -0.388. The Morgan fingerprint density at radius 2 is 2.06 bits per heavy atom. The summed E-state index contributed by atoms with van der Waals surface area (Å²) in [5, 5.41) is 15.3. The van der Waals surface area contributed by atoms with Crippen LogP contribution in [0.3, 0.4) is 0 Å². The zero-order valence-electron chi connectivity index (χ0n) is 7.80. The molecule has 1 rings (SSSR count). The number of hydrogen-bond acceptors (Lipinski definition) is 5. The average Bonchev–Trinajstić information content (AvgIpc) is 2.14. The Morgan fingerprint density at radius 1 is 1.53 bits per heavy atom. The Bertz CT molecular complexity index is 577. The van der Waals surface area contributed by atoms with E-state index in [9.17, 15) is 27.3 Å². The zero-order chi connectivity index (χ0) is 13.4. The van der Waals surface area contributed by atoms with E-state index in [0.717, 1.165) is 0 Å². The highest BCUT2D eigenvalue weighted by Gasteiger charge is 2.32. The van der Waals surface area contributed by atoms with Crippen LogP contribution >= 0.6 is 15.9 Å². The number of primary sulfonamides is 1. The average molecular weight is 332 g/mol. The van der Waals surface area contributed by atoms with E-state index >= 15 is 0 Å². The molecule has 0 spiro atoms. The summed E-state index contributed by atoms with van der Waals surface area (Å²) in [6, 6.07) is 0.686. The van der Waals surface area contributed by atoms with Gasteiger partial charge in [-0.2, -0.15) is 0 Å². The fourth-order valence-corrected chi connectivity index (χ4v) is 2.34. The van der Waals surface area contributed by atoms with E-state index in [4.69, 9.17) is 0 Å². The number of hydrogen-bond donors (Lipinski definition) is 1. The van der Waals surface area contributed by atoms with E-state index in [1.807, 2.05) is 0 Å². The maximum Gasteiger partial charge on any atom is 0.294 e. The minimum Gasteiger partial charge on any atom is -0.258 e. The molecule has 0 atom stereocenters. The molecule has 0 aliphatic rings. The molecule has 0 saturated heterocycles. The first-order chi connectivity index (χ1) is 7.64. The maximum absolute atomic E-state index is 12.6. The van der Waals surface area contributed by atoms with Crippen LogP contribution in [0.5, 0.6) is 0 Å². The molecule has 0 fully saturated rings. The van der Waals surface area contributed by atoms with Crippen molar-refractivity contribution in [2.24, 2.45) is 5.14 Å². The third kappa shape index (κ3) is 2.92. The van der Waals surface area contributed by atoms with Gasteiger partial charge in [0.15, 0.2) is 4.90 Å². The summed E-state index contributed by atoms with van der Waals surface area (Å²) in [4.78, 5) is 11.4. The van der Waals surface area contributed by atoms with Gasteiger partial charge in [0.05, 0.1) is 11.0 Å². The van der Waals surface area contributed by atoms with Gasteiger partial charge in [-0.3, -0.25) is 10.1 Å². The second kappa shape index (κ2) is 4.58. The number of nitrogens with two attached hydrogens (primary N) is 1. The van der Waals surface area contributed by atoms with Gasteiger partial charge in [-0.15, -0.1) is 0 Å². The van der Waals surface area contributed by atoms with E-state index in [1.165, 1.54) is 0 Å². The molecule has 11 heteroatoms. The van der Waals surface area contributed by atoms with Crippen molar-refractivity contribution < 1.29 is 22.1 Å². The Kier molecular flexibility index (Phi) is 3.74. The summed E-state index contributed by atoms with van der Waals surface area (Å²) in [6.07, 6.45) is -3.31. The zero-order valence-corrected chi connectivity index (χ0v) is 10.2. The Balaban J connectivity index is 3.79. The first kappa shape index (κ1) is 13.9. The topological polar surface area (TPSA) is 116 Å². The lowest BCUT2D eigenvalue weighted by Crippen LogP contribution is -2.18. The minimum atomic E-state index is -4.68. The van der Waals surface area contributed by atoms with Crippen LogP contribution in [0.2, 0.25) is 0 Å². The van der Waals surface area contributed by atoms with Crippen molar-refractivity contribution in [2.45, 2.75) is 11.3 Å². The quantitative estimate of drug-likeness (QED) is 0.509. The predicted molar refractivity (Wildman–Crippen MR) is 54.9 cm³/mol. The molecular weight excluding hydrogens is 328 g/mol. The minimum absolute atomic E-state index is 0.285.